The van der Waals surface area contributed by atoms with Crippen molar-refractivity contribution in [2.45, 2.75) is 32.1 Å². The Bertz CT molecular complexity index is 2410. The van der Waals surface area contributed by atoms with E-state index in [1.807, 2.05) is 0 Å². The topological polar surface area (TPSA) is 17.3 Å². The van der Waals surface area contributed by atoms with Crippen LogP contribution in [-0.4, -0.2) is 10.3 Å². The maximum absolute atomic E-state index is 5.49. The number of hydrogen-bond donors (Lipinski definition) is 0. The number of aryl methyl sites for hydroxylation is 1. The van der Waals surface area contributed by atoms with Gasteiger partial charge in [0.25, 0.3) is 0 Å². The molecule has 7 aromatic rings. The molecule has 2 atom stereocenters. The van der Waals surface area contributed by atoms with Crippen LogP contribution in [0.4, 0.5) is 0 Å². The number of allylic oxidation sites excluding steroid dienone is 3. The summed E-state index contributed by atoms with van der Waals surface area (Å²) in [7, 11) is 0. The lowest BCUT2D eigenvalue weighted by atomic mass is 9.82. The molecule has 2 aliphatic rings. The smallest absolute Gasteiger partial charge is 0.0708 e. The zero-order valence-corrected chi connectivity index (χ0v) is 27.8. The van der Waals surface area contributed by atoms with Crippen molar-refractivity contribution in [3.8, 4) is 16.8 Å². The van der Waals surface area contributed by atoms with Gasteiger partial charge in [0, 0.05) is 39.4 Å². The second kappa shape index (κ2) is 12.4. The Labute approximate surface area is 288 Å². The Morgan fingerprint density at radius 1 is 0.633 bits per heavy atom. The van der Waals surface area contributed by atoms with Gasteiger partial charge in [0.05, 0.1) is 22.4 Å². The summed E-state index contributed by atoms with van der Waals surface area (Å²) in [5.41, 5.74) is 15.1. The summed E-state index contributed by atoms with van der Waals surface area (Å²) in [4.78, 5) is 5.49. The van der Waals surface area contributed by atoms with Crippen LogP contribution in [-0.2, 0) is 6.42 Å². The van der Waals surface area contributed by atoms with Gasteiger partial charge in [-0.2, -0.15) is 0 Å². The molecular weight excluding hydrogens is 593 g/mol. The van der Waals surface area contributed by atoms with Crippen molar-refractivity contribution >= 4 is 33.2 Å². The Morgan fingerprint density at radius 3 is 2.10 bits per heavy atom. The molecule has 0 fully saturated rings. The Hall–Kier alpha value is -5.73. The van der Waals surface area contributed by atoms with E-state index in [1.54, 1.807) is 0 Å². The normalized spacial score (nSPS) is 19.7. The molecule has 0 N–H and O–H groups in total. The van der Waals surface area contributed by atoms with Crippen molar-refractivity contribution in [1.29, 1.82) is 0 Å². The second-order valence-electron chi connectivity index (χ2n) is 13.5. The molecule has 1 aliphatic heterocycles. The fourth-order valence-corrected chi connectivity index (χ4v) is 8.15. The summed E-state index contributed by atoms with van der Waals surface area (Å²) in [5, 5.41) is 2.59. The molecule has 1 aliphatic carbocycles. The van der Waals surface area contributed by atoms with Crippen LogP contribution in [0.25, 0.3) is 44.3 Å². The number of aliphatic imine (C=N–C) groups is 1. The van der Waals surface area contributed by atoms with E-state index in [0.29, 0.717) is 0 Å². The fraction of sp³-hybridized carbons (Fsp3) is 0.128. The first-order valence-corrected chi connectivity index (χ1v) is 17.6. The van der Waals surface area contributed by atoms with Crippen LogP contribution < -0.4 is 0 Å². The molecule has 0 saturated carbocycles. The summed E-state index contributed by atoms with van der Waals surface area (Å²) in [6.45, 7) is 2.33. The van der Waals surface area contributed by atoms with Crippen LogP contribution in [0.15, 0.2) is 174 Å². The number of nitrogens with zero attached hydrogens (tertiary/aromatic N) is 2. The second-order valence-corrected chi connectivity index (χ2v) is 13.5. The lowest BCUT2D eigenvalue weighted by molar-refractivity contribution is 0.710. The lowest BCUT2D eigenvalue weighted by Gasteiger charge is -2.24. The van der Waals surface area contributed by atoms with Crippen molar-refractivity contribution in [1.82, 2.24) is 4.57 Å². The standard InChI is InChI=1S/C47H38N2/c1-32-25-26-36(31-43(34-16-5-2-6-17-34)48-46(32)35-18-7-3-8-19-35)38-28-27-33-15-11-12-22-39(33)45-41(38)29-30-42-40-23-13-14-24-44(40)49(47(42)45)37-20-9-4-10-21-37/h2-24,26,29-32,38H,25,27-28H2,1H3/b36-26-,43-31-,48-46?. The number of benzene rings is 6. The van der Waals surface area contributed by atoms with Crippen molar-refractivity contribution in [2.75, 3.05) is 0 Å². The van der Waals surface area contributed by atoms with Gasteiger partial charge in [0.2, 0.25) is 0 Å². The lowest BCUT2D eigenvalue weighted by Crippen LogP contribution is -2.15. The molecular formula is C47H38N2. The maximum Gasteiger partial charge on any atom is 0.0708 e. The van der Waals surface area contributed by atoms with E-state index in [2.05, 4.69) is 175 Å². The molecule has 0 saturated heterocycles. The first kappa shape index (κ1) is 29.4. The third kappa shape index (κ3) is 5.16. The molecule has 2 heterocycles. The Balaban J connectivity index is 1.31. The van der Waals surface area contributed by atoms with E-state index < -0.39 is 0 Å². The number of para-hydroxylation sites is 2. The Morgan fingerprint density at radius 2 is 1.31 bits per heavy atom. The first-order valence-electron chi connectivity index (χ1n) is 17.6. The highest BCUT2D eigenvalue weighted by Gasteiger charge is 2.29. The molecule has 236 valence electrons. The zero-order chi connectivity index (χ0) is 32.7. The summed E-state index contributed by atoms with van der Waals surface area (Å²) < 4.78 is 2.50. The SMILES string of the molecule is CC1C/C=C(C2CCc3ccccc3-c3c2ccc2c4ccccc4n(-c4ccccc4)c32)/C=C(/c2ccccc2)N=C1c1ccccc1. The van der Waals surface area contributed by atoms with Gasteiger partial charge in [0.1, 0.15) is 0 Å². The molecule has 0 bridgehead atoms. The van der Waals surface area contributed by atoms with E-state index in [1.165, 1.54) is 60.9 Å². The molecule has 0 spiro atoms. The summed E-state index contributed by atoms with van der Waals surface area (Å²) in [5.74, 6) is 0.490. The number of hydrogen-bond acceptors (Lipinski definition) is 1. The molecule has 0 radical (unpaired) electrons. The minimum atomic E-state index is 0.216. The van der Waals surface area contributed by atoms with Crippen molar-refractivity contribution in [2.24, 2.45) is 10.9 Å². The molecule has 6 aromatic carbocycles. The van der Waals surface area contributed by atoms with E-state index in [0.717, 1.165) is 36.2 Å². The molecule has 2 heteroatoms. The summed E-state index contributed by atoms with van der Waals surface area (Å²) in [6, 6.07) is 55.1. The van der Waals surface area contributed by atoms with E-state index in [-0.39, 0.29) is 11.8 Å². The average molecular weight is 631 g/mol. The highest BCUT2D eigenvalue weighted by atomic mass is 15.0. The van der Waals surface area contributed by atoms with Crippen molar-refractivity contribution < 1.29 is 0 Å². The number of aromatic nitrogens is 1. The van der Waals surface area contributed by atoms with Gasteiger partial charge in [-0.05, 0) is 71.4 Å². The van der Waals surface area contributed by atoms with E-state index in [9.17, 15) is 0 Å². The average Bonchev–Trinajstić information content (AvgIpc) is 3.40. The van der Waals surface area contributed by atoms with E-state index in [4.69, 9.17) is 4.99 Å². The van der Waals surface area contributed by atoms with Crippen LogP contribution in [0.3, 0.4) is 0 Å². The van der Waals surface area contributed by atoms with Crippen LogP contribution in [0.2, 0.25) is 0 Å². The number of rotatable bonds is 4. The molecule has 0 amide bonds. The highest BCUT2D eigenvalue weighted by Crippen LogP contribution is 2.48. The molecule has 49 heavy (non-hydrogen) atoms. The van der Waals surface area contributed by atoms with E-state index >= 15 is 0 Å². The van der Waals surface area contributed by atoms with Crippen LogP contribution >= 0.6 is 0 Å². The molecule has 2 nitrogen and oxygen atoms in total. The van der Waals surface area contributed by atoms with Crippen LogP contribution in [0, 0.1) is 5.92 Å². The predicted molar refractivity (Wildman–Crippen MR) is 207 cm³/mol. The monoisotopic (exact) mass is 630 g/mol. The minimum absolute atomic E-state index is 0.216. The predicted octanol–water partition coefficient (Wildman–Crippen LogP) is 12.0. The van der Waals surface area contributed by atoms with Crippen molar-refractivity contribution in [3.05, 3.63) is 192 Å². The molecule has 2 unspecified atom stereocenters. The summed E-state index contributed by atoms with van der Waals surface area (Å²) >= 11 is 0. The highest BCUT2D eigenvalue weighted by molar-refractivity contribution is 6.15. The quantitative estimate of drug-likeness (QED) is 0.184. The van der Waals surface area contributed by atoms with Crippen LogP contribution in [0.1, 0.15) is 47.9 Å². The molecule has 1 aromatic heterocycles. The maximum atomic E-state index is 5.49. The largest absolute Gasteiger partial charge is 0.309 e. The van der Waals surface area contributed by atoms with Gasteiger partial charge in [-0.3, -0.25) is 4.99 Å². The van der Waals surface area contributed by atoms with Gasteiger partial charge in [-0.1, -0.05) is 146 Å². The zero-order valence-electron chi connectivity index (χ0n) is 27.8. The third-order valence-electron chi connectivity index (χ3n) is 10.5. The van der Waals surface area contributed by atoms with Crippen molar-refractivity contribution in [3.63, 3.8) is 0 Å². The van der Waals surface area contributed by atoms with Gasteiger partial charge >= 0.3 is 0 Å². The summed E-state index contributed by atoms with van der Waals surface area (Å²) in [6.07, 6.45) is 7.91. The van der Waals surface area contributed by atoms with Gasteiger partial charge in [-0.25, -0.2) is 0 Å². The van der Waals surface area contributed by atoms with Gasteiger partial charge in [0.15, 0.2) is 0 Å². The van der Waals surface area contributed by atoms with Gasteiger partial charge in [-0.15, -0.1) is 0 Å². The third-order valence-corrected chi connectivity index (χ3v) is 10.5. The molecule has 9 rings (SSSR count). The first-order chi connectivity index (χ1) is 24.2. The Kier molecular flexibility index (Phi) is 7.43. The van der Waals surface area contributed by atoms with Gasteiger partial charge < -0.3 is 4.57 Å². The number of fused-ring (bicyclic) bond motifs is 7. The fourth-order valence-electron chi connectivity index (χ4n) is 8.15. The van der Waals surface area contributed by atoms with Crippen LogP contribution in [0.5, 0.6) is 0 Å². The minimum Gasteiger partial charge on any atom is -0.309 e.